The van der Waals surface area contributed by atoms with Crippen molar-refractivity contribution in [2.24, 2.45) is 0 Å². The van der Waals surface area contributed by atoms with Gasteiger partial charge < -0.3 is 10.6 Å². The van der Waals surface area contributed by atoms with Crippen LogP contribution in [0.3, 0.4) is 0 Å². The molecule has 7 heteroatoms. The number of rotatable bonds is 4. The molecule has 0 aliphatic rings. The van der Waals surface area contributed by atoms with Gasteiger partial charge in [-0.15, -0.1) is 5.10 Å². The molecular weight excluding hydrogens is 244 g/mol. The average molecular weight is 260 g/mol. The fraction of sp³-hybridized carbons (Fsp3) is 0.333. The topological polar surface area (TPSA) is 84.7 Å². The molecule has 2 N–H and O–H groups in total. The van der Waals surface area contributed by atoms with Crippen molar-refractivity contribution in [1.29, 1.82) is 0 Å². The maximum Gasteiger partial charge on any atom is 0.244 e. The SMILES string of the molecule is CNC(C)(C)C(=O)Nc1ccccc1-n1cnnn1. The number of hydrogen-bond acceptors (Lipinski definition) is 5. The molecule has 0 saturated heterocycles. The molecule has 0 fully saturated rings. The lowest BCUT2D eigenvalue weighted by Gasteiger charge is -2.23. The molecule has 0 aliphatic heterocycles. The normalized spacial score (nSPS) is 11.3. The molecule has 0 aliphatic carbocycles. The number of nitrogens with zero attached hydrogens (tertiary/aromatic N) is 4. The molecule has 0 saturated carbocycles. The van der Waals surface area contributed by atoms with Crippen LogP contribution in [0.25, 0.3) is 5.69 Å². The average Bonchev–Trinajstić information content (AvgIpc) is 2.93. The van der Waals surface area contributed by atoms with Crippen molar-refractivity contribution in [3.8, 4) is 5.69 Å². The van der Waals surface area contributed by atoms with E-state index >= 15 is 0 Å². The molecule has 1 amide bonds. The summed E-state index contributed by atoms with van der Waals surface area (Å²) in [6.45, 7) is 3.62. The number of carbonyl (C=O) groups excluding carboxylic acids is 1. The summed E-state index contributed by atoms with van der Waals surface area (Å²) >= 11 is 0. The molecule has 1 aromatic heterocycles. The Morgan fingerprint density at radius 2 is 2.05 bits per heavy atom. The highest BCUT2D eigenvalue weighted by molar-refractivity contribution is 5.98. The van der Waals surface area contributed by atoms with Gasteiger partial charge >= 0.3 is 0 Å². The molecule has 1 aromatic carbocycles. The Balaban J connectivity index is 2.29. The maximum atomic E-state index is 12.2. The first-order chi connectivity index (χ1) is 9.04. The van der Waals surface area contributed by atoms with Gasteiger partial charge in [-0.05, 0) is 43.5 Å². The van der Waals surface area contributed by atoms with E-state index in [2.05, 4.69) is 26.2 Å². The Labute approximate surface area is 111 Å². The Bertz CT molecular complexity index is 563. The van der Waals surface area contributed by atoms with Gasteiger partial charge in [0.2, 0.25) is 5.91 Å². The van der Waals surface area contributed by atoms with E-state index in [-0.39, 0.29) is 5.91 Å². The maximum absolute atomic E-state index is 12.2. The standard InChI is InChI=1S/C12H16N6O/c1-12(2,13-3)11(19)15-9-6-4-5-7-10(9)18-8-14-16-17-18/h4-8,13H,1-3H3,(H,15,19). The summed E-state index contributed by atoms with van der Waals surface area (Å²) in [5.74, 6) is -0.129. The van der Waals surface area contributed by atoms with E-state index in [4.69, 9.17) is 0 Å². The second-order valence-corrected chi connectivity index (χ2v) is 4.60. The van der Waals surface area contributed by atoms with Crippen molar-refractivity contribution >= 4 is 11.6 Å². The molecule has 0 spiro atoms. The van der Waals surface area contributed by atoms with Gasteiger partial charge in [-0.3, -0.25) is 4.79 Å². The lowest BCUT2D eigenvalue weighted by Crippen LogP contribution is -2.48. The predicted octanol–water partition coefficient (Wildman–Crippen LogP) is 0.599. The van der Waals surface area contributed by atoms with Crippen molar-refractivity contribution in [2.45, 2.75) is 19.4 Å². The first kappa shape index (κ1) is 13.2. The zero-order valence-corrected chi connectivity index (χ0v) is 11.1. The lowest BCUT2D eigenvalue weighted by atomic mass is 10.0. The molecule has 7 nitrogen and oxygen atoms in total. The van der Waals surface area contributed by atoms with E-state index < -0.39 is 5.54 Å². The van der Waals surface area contributed by atoms with Crippen LogP contribution in [0.5, 0.6) is 0 Å². The van der Waals surface area contributed by atoms with E-state index in [1.165, 1.54) is 11.0 Å². The summed E-state index contributed by atoms with van der Waals surface area (Å²) in [5, 5.41) is 16.8. The van der Waals surface area contributed by atoms with Gasteiger partial charge in [0.15, 0.2) is 0 Å². The van der Waals surface area contributed by atoms with E-state index in [0.717, 1.165) is 0 Å². The van der Waals surface area contributed by atoms with Gasteiger partial charge in [-0.1, -0.05) is 12.1 Å². The van der Waals surface area contributed by atoms with E-state index in [9.17, 15) is 4.79 Å². The van der Waals surface area contributed by atoms with Gasteiger partial charge in [-0.25, -0.2) is 0 Å². The van der Waals surface area contributed by atoms with Gasteiger partial charge in [0.1, 0.15) is 6.33 Å². The van der Waals surface area contributed by atoms with Crippen LogP contribution >= 0.6 is 0 Å². The summed E-state index contributed by atoms with van der Waals surface area (Å²) in [6.07, 6.45) is 1.48. The number of carbonyl (C=O) groups is 1. The minimum Gasteiger partial charge on any atom is -0.323 e. The molecule has 0 atom stereocenters. The van der Waals surface area contributed by atoms with Crippen LogP contribution in [-0.2, 0) is 4.79 Å². The molecule has 1 heterocycles. The lowest BCUT2D eigenvalue weighted by molar-refractivity contribution is -0.121. The zero-order valence-electron chi connectivity index (χ0n) is 11.1. The van der Waals surface area contributed by atoms with Crippen LogP contribution in [0.15, 0.2) is 30.6 Å². The Kier molecular flexibility index (Phi) is 3.57. The number of aromatic nitrogens is 4. The minimum absolute atomic E-state index is 0.129. The third kappa shape index (κ3) is 2.76. The van der Waals surface area contributed by atoms with Crippen molar-refractivity contribution in [3.05, 3.63) is 30.6 Å². The first-order valence-electron chi connectivity index (χ1n) is 5.87. The Hall–Kier alpha value is -2.28. The molecule has 0 bridgehead atoms. The second kappa shape index (κ2) is 5.15. The van der Waals surface area contributed by atoms with Crippen LogP contribution in [0, 0.1) is 0 Å². The number of likely N-dealkylation sites (N-methyl/N-ethyl adjacent to an activating group) is 1. The van der Waals surface area contributed by atoms with Crippen LogP contribution < -0.4 is 10.6 Å². The summed E-state index contributed by atoms with van der Waals surface area (Å²) in [6, 6.07) is 7.34. The highest BCUT2D eigenvalue weighted by Gasteiger charge is 2.25. The van der Waals surface area contributed by atoms with Gasteiger partial charge in [0, 0.05) is 0 Å². The summed E-state index contributed by atoms with van der Waals surface area (Å²) in [5.41, 5.74) is 0.712. The first-order valence-corrected chi connectivity index (χ1v) is 5.87. The fourth-order valence-corrected chi connectivity index (χ4v) is 1.44. The number of tetrazole rings is 1. The Morgan fingerprint density at radius 3 is 2.68 bits per heavy atom. The van der Waals surface area contributed by atoms with Gasteiger partial charge in [0.05, 0.1) is 16.9 Å². The van der Waals surface area contributed by atoms with Crippen molar-refractivity contribution < 1.29 is 4.79 Å². The third-order valence-electron chi connectivity index (χ3n) is 2.94. The molecule has 0 unspecified atom stereocenters. The van der Waals surface area contributed by atoms with Crippen LogP contribution in [0.2, 0.25) is 0 Å². The summed E-state index contributed by atoms with van der Waals surface area (Å²) < 4.78 is 1.50. The van der Waals surface area contributed by atoms with Crippen molar-refractivity contribution in [1.82, 2.24) is 25.5 Å². The zero-order chi connectivity index (χ0) is 13.9. The van der Waals surface area contributed by atoms with E-state index in [1.807, 2.05) is 32.0 Å². The summed E-state index contributed by atoms with van der Waals surface area (Å²) in [4.78, 5) is 12.2. The van der Waals surface area contributed by atoms with Crippen LogP contribution in [0.1, 0.15) is 13.8 Å². The van der Waals surface area contributed by atoms with Crippen molar-refractivity contribution in [2.75, 3.05) is 12.4 Å². The molecule has 0 radical (unpaired) electrons. The van der Waals surface area contributed by atoms with E-state index in [0.29, 0.717) is 11.4 Å². The highest BCUT2D eigenvalue weighted by Crippen LogP contribution is 2.19. The third-order valence-corrected chi connectivity index (χ3v) is 2.94. The number of benzene rings is 1. The highest BCUT2D eigenvalue weighted by atomic mass is 16.2. The molecule has 19 heavy (non-hydrogen) atoms. The largest absolute Gasteiger partial charge is 0.323 e. The van der Waals surface area contributed by atoms with Gasteiger partial charge in [-0.2, -0.15) is 4.68 Å². The second-order valence-electron chi connectivity index (χ2n) is 4.60. The smallest absolute Gasteiger partial charge is 0.244 e. The molecule has 2 aromatic rings. The van der Waals surface area contributed by atoms with E-state index in [1.54, 1.807) is 13.1 Å². The fourth-order valence-electron chi connectivity index (χ4n) is 1.44. The Morgan fingerprint density at radius 1 is 1.32 bits per heavy atom. The molecule has 2 rings (SSSR count). The number of amides is 1. The monoisotopic (exact) mass is 260 g/mol. The number of anilines is 1. The number of hydrogen-bond donors (Lipinski definition) is 2. The quantitative estimate of drug-likeness (QED) is 0.841. The predicted molar refractivity (Wildman–Crippen MR) is 70.9 cm³/mol. The summed E-state index contributed by atoms with van der Waals surface area (Å²) in [7, 11) is 1.74. The minimum atomic E-state index is -0.659. The van der Waals surface area contributed by atoms with Crippen LogP contribution in [0.4, 0.5) is 5.69 Å². The van der Waals surface area contributed by atoms with Crippen LogP contribution in [-0.4, -0.2) is 38.7 Å². The van der Waals surface area contributed by atoms with Gasteiger partial charge in [0.25, 0.3) is 0 Å². The molecular formula is C12H16N6O. The van der Waals surface area contributed by atoms with Crippen molar-refractivity contribution in [3.63, 3.8) is 0 Å². The molecule has 100 valence electrons. The number of nitrogens with one attached hydrogen (secondary N) is 2. The number of para-hydroxylation sites is 2.